The molecule has 5 rings (SSSR count). The van der Waals surface area contributed by atoms with E-state index in [9.17, 15) is 14.0 Å². The number of furan rings is 1. The summed E-state index contributed by atoms with van der Waals surface area (Å²) in [7, 11) is 0. The van der Waals surface area contributed by atoms with Crippen LogP contribution in [0.3, 0.4) is 0 Å². The lowest BCUT2D eigenvalue weighted by atomic mass is 9.99. The number of aryl methyl sites for hydroxylation is 1. The van der Waals surface area contributed by atoms with Crippen molar-refractivity contribution >= 4 is 34.1 Å². The maximum Gasteiger partial charge on any atom is 0.274 e. The second-order valence-corrected chi connectivity index (χ2v) is 9.61. The molecule has 174 valence electrons. The number of alkyl halides is 1. The summed E-state index contributed by atoms with van der Waals surface area (Å²) in [4.78, 5) is 33.3. The van der Waals surface area contributed by atoms with Gasteiger partial charge in [-0.05, 0) is 43.5 Å². The van der Waals surface area contributed by atoms with Gasteiger partial charge >= 0.3 is 0 Å². The number of piperidine rings is 1. The molecule has 6 nitrogen and oxygen atoms in total. The first-order valence-electron chi connectivity index (χ1n) is 11.2. The topological polar surface area (TPSA) is 75.4 Å². The van der Waals surface area contributed by atoms with Gasteiger partial charge < -0.3 is 14.6 Å². The summed E-state index contributed by atoms with van der Waals surface area (Å²) in [6, 6.07) is 16.3. The first-order chi connectivity index (χ1) is 16.5. The van der Waals surface area contributed by atoms with Gasteiger partial charge in [0.05, 0.1) is 28.3 Å². The van der Waals surface area contributed by atoms with Gasteiger partial charge in [-0.25, -0.2) is 9.37 Å². The number of nitrogens with one attached hydrogen (secondary N) is 1. The third kappa shape index (κ3) is 4.33. The average molecular weight is 478 g/mol. The number of thiazole rings is 1. The fraction of sp³-hybridized carbons (Fsp3) is 0.269. The van der Waals surface area contributed by atoms with E-state index in [-0.39, 0.29) is 30.9 Å². The molecule has 1 unspecified atom stereocenters. The monoisotopic (exact) mass is 477 g/mol. The van der Waals surface area contributed by atoms with Crippen molar-refractivity contribution in [2.75, 3.05) is 13.1 Å². The lowest BCUT2D eigenvalue weighted by Crippen LogP contribution is -2.52. The molecule has 2 amide bonds. The fourth-order valence-electron chi connectivity index (χ4n) is 4.43. The van der Waals surface area contributed by atoms with E-state index in [0.717, 1.165) is 20.8 Å². The smallest absolute Gasteiger partial charge is 0.274 e. The van der Waals surface area contributed by atoms with Crippen molar-refractivity contribution in [3.63, 3.8) is 0 Å². The number of carbonyl (C=O) groups excluding carboxylic acids is 2. The van der Waals surface area contributed by atoms with Gasteiger partial charge in [-0.3, -0.25) is 9.59 Å². The minimum absolute atomic E-state index is 0.0124. The minimum atomic E-state index is -1.10. The number of likely N-dealkylation sites (tertiary alicyclic amines) is 1. The first kappa shape index (κ1) is 22.3. The average Bonchev–Trinajstić information content (AvgIpc) is 3.49. The van der Waals surface area contributed by atoms with Crippen molar-refractivity contribution in [2.24, 2.45) is 0 Å². The Morgan fingerprint density at radius 1 is 1.15 bits per heavy atom. The Bertz CT molecular complexity index is 1330. The normalized spacial score (nSPS) is 18.2. The van der Waals surface area contributed by atoms with Crippen LogP contribution in [-0.2, 0) is 0 Å². The van der Waals surface area contributed by atoms with Crippen molar-refractivity contribution < 1.29 is 18.4 Å². The number of hydrogen-bond donors (Lipinski definition) is 1. The molecule has 1 aliphatic rings. The number of benzene rings is 2. The van der Waals surface area contributed by atoms with Crippen LogP contribution in [0.5, 0.6) is 0 Å². The van der Waals surface area contributed by atoms with Crippen LogP contribution in [0.1, 0.15) is 38.7 Å². The van der Waals surface area contributed by atoms with Crippen molar-refractivity contribution in [2.45, 2.75) is 32.0 Å². The highest BCUT2D eigenvalue weighted by Crippen LogP contribution is 2.32. The largest absolute Gasteiger partial charge is 0.464 e. The Labute approximate surface area is 200 Å². The maximum absolute atomic E-state index is 14.4. The molecule has 1 N–H and O–H groups in total. The molecule has 4 aromatic rings. The third-order valence-electron chi connectivity index (χ3n) is 6.12. The van der Waals surface area contributed by atoms with Crippen LogP contribution in [0.2, 0.25) is 0 Å². The van der Waals surface area contributed by atoms with E-state index in [1.165, 1.54) is 16.2 Å². The van der Waals surface area contributed by atoms with Gasteiger partial charge in [0, 0.05) is 18.0 Å². The lowest BCUT2D eigenvalue weighted by molar-refractivity contribution is 0.0466. The number of halogens is 1. The number of amides is 2. The highest BCUT2D eigenvalue weighted by Gasteiger charge is 2.35. The molecule has 2 aromatic carbocycles. The molecule has 8 heteroatoms. The first-order valence-corrected chi connectivity index (χ1v) is 12.0. The molecule has 0 aliphatic carbocycles. The Hall–Kier alpha value is -3.52. The molecule has 1 aliphatic heterocycles. The summed E-state index contributed by atoms with van der Waals surface area (Å²) in [5, 5.41) is 4.44. The molecular formula is C26H24FN3O3S. The Morgan fingerprint density at radius 2 is 1.97 bits per heavy atom. The zero-order valence-electron chi connectivity index (χ0n) is 18.7. The van der Waals surface area contributed by atoms with Crippen molar-refractivity contribution in [1.29, 1.82) is 0 Å². The van der Waals surface area contributed by atoms with E-state index in [4.69, 9.17) is 4.42 Å². The maximum atomic E-state index is 14.4. The number of carbonyl (C=O) groups is 2. The van der Waals surface area contributed by atoms with Crippen LogP contribution in [0, 0.1) is 6.92 Å². The Balaban J connectivity index is 1.37. The molecule has 1 fully saturated rings. The molecule has 0 spiro atoms. The van der Waals surface area contributed by atoms with Crippen LogP contribution >= 0.6 is 11.3 Å². The van der Waals surface area contributed by atoms with Gasteiger partial charge in [-0.1, -0.05) is 36.4 Å². The molecule has 3 heterocycles. The van der Waals surface area contributed by atoms with E-state index in [0.29, 0.717) is 29.7 Å². The highest BCUT2D eigenvalue weighted by molar-refractivity contribution is 7.15. The van der Waals surface area contributed by atoms with Crippen molar-refractivity contribution in [3.8, 4) is 10.4 Å². The van der Waals surface area contributed by atoms with E-state index < -0.39 is 6.17 Å². The summed E-state index contributed by atoms with van der Waals surface area (Å²) in [6.45, 7) is 2.08. The van der Waals surface area contributed by atoms with Gasteiger partial charge in [-0.2, -0.15) is 0 Å². The van der Waals surface area contributed by atoms with Gasteiger partial charge in [-0.15, -0.1) is 11.3 Å². The SMILES string of the molecule is Cc1nc(C(=O)N2CC(F)CC[C@H]2CNC(=O)c2cccc3occc23)c(-c2ccccc2)s1. The third-order valence-corrected chi connectivity index (χ3v) is 7.14. The molecule has 0 saturated carbocycles. The van der Waals surface area contributed by atoms with E-state index in [1.54, 1.807) is 30.5 Å². The van der Waals surface area contributed by atoms with Crippen LogP contribution in [-0.4, -0.2) is 47.0 Å². The number of hydrogen-bond acceptors (Lipinski definition) is 5. The molecule has 2 aromatic heterocycles. The number of nitrogens with zero attached hydrogens (tertiary/aromatic N) is 2. The van der Waals surface area contributed by atoms with E-state index in [1.807, 2.05) is 37.3 Å². The van der Waals surface area contributed by atoms with E-state index in [2.05, 4.69) is 10.3 Å². The van der Waals surface area contributed by atoms with Gasteiger partial charge in [0.2, 0.25) is 0 Å². The van der Waals surface area contributed by atoms with Crippen LogP contribution < -0.4 is 5.32 Å². The van der Waals surface area contributed by atoms with Gasteiger partial charge in [0.15, 0.2) is 0 Å². The van der Waals surface area contributed by atoms with Crippen molar-refractivity contribution in [3.05, 3.63) is 77.1 Å². The highest BCUT2D eigenvalue weighted by atomic mass is 32.1. The molecule has 34 heavy (non-hydrogen) atoms. The predicted molar refractivity (Wildman–Crippen MR) is 130 cm³/mol. The summed E-state index contributed by atoms with van der Waals surface area (Å²) in [5.74, 6) is -0.557. The van der Waals surface area contributed by atoms with Crippen LogP contribution in [0.4, 0.5) is 4.39 Å². The van der Waals surface area contributed by atoms with E-state index >= 15 is 0 Å². The number of rotatable bonds is 5. The number of fused-ring (bicyclic) bond motifs is 1. The second kappa shape index (κ2) is 9.38. The number of aromatic nitrogens is 1. The summed E-state index contributed by atoms with van der Waals surface area (Å²) >= 11 is 1.45. The molecule has 1 saturated heterocycles. The minimum Gasteiger partial charge on any atom is -0.464 e. The van der Waals surface area contributed by atoms with Crippen LogP contribution in [0.15, 0.2) is 65.3 Å². The zero-order valence-corrected chi connectivity index (χ0v) is 19.5. The summed E-state index contributed by atoms with van der Waals surface area (Å²) in [6.07, 6.45) is 1.26. The molecule has 0 bridgehead atoms. The Morgan fingerprint density at radius 3 is 2.79 bits per heavy atom. The second-order valence-electron chi connectivity index (χ2n) is 8.41. The predicted octanol–water partition coefficient (Wildman–Crippen LogP) is 5.24. The fourth-order valence-corrected chi connectivity index (χ4v) is 5.35. The lowest BCUT2D eigenvalue weighted by Gasteiger charge is -2.37. The zero-order chi connectivity index (χ0) is 23.7. The van der Waals surface area contributed by atoms with Crippen LogP contribution in [0.25, 0.3) is 21.4 Å². The molecule has 2 atom stereocenters. The quantitative estimate of drug-likeness (QED) is 0.427. The molecular weight excluding hydrogens is 453 g/mol. The summed E-state index contributed by atoms with van der Waals surface area (Å²) in [5.41, 5.74) is 2.38. The van der Waals surface area contributed by atoms with Gasteiger partial charge in [0.25, 0.3) is 11.8 Å². The van der Waals surface area contributed by atoms with Gasteiger partial charge in [0.1, 0.15) is 17.4 Å². The standard InChI is InChI=1S/C26H24FN3O3S/c1-16-29-23(24(34-16)17-6-3-2-4-7-17)26(32)30-15-18(27)10-11-19(30)14-28-25(31)21-8-5-9-22-20(21)12-13-33-22/h2-9,12-13,18-19H,10-11,14-15H2,1H3,(H,28,31)/t18?,19-/m0/s1. The molecule has 0 radical (unpaired) electrons. The Kier molecular flexibility index (Phi) is 6.15. The van der Waals surface area contributed by atoms with Crippen molar-refractivity contribution in [1.82, 2.24) is 15.2 Å². The summed E-state index contributed by atoms with van der Waals surface area (Å²) < 4.78 is 19.8.